The number of amides is 2. The molecule has 19 heavy (non-hydrogen) atoms. The van der Waals surface area contributed by atoms with Crippen LogP contribution in [0.25, 0.3) is 0 Å². The van der Waals surface area contributed by atoms with Crippen LogP contribution in [0.15, 0.2) is 30.3 Å². The average Bonchev–Trinajstić information content (AvgIpc) is 2.80. The smallest absolute Gasteiger partial charge is 0.416 e. The molecule has 1 aromatic carbocycles. The van der Waals surface area contributed by atoms with E-state index in [-0.39, 0.29) is 13.0 Å². The quantitative estimate of drug-likeness (QED) is 0.839. The van der Waals surface area contributed by atoms with E-state index < -0.39 is 30.8 Å². The minimum atomic E-state index is -2.42. The topological polar surface area (TPSA) is 46.6 Å². The van der Waals surface area contributed by atoms with Crippen LogP contribution in [0.4, 0.5) is 4.79 Å². The second-order valence-corrected chi connectivity index (χ2v) is 4.59. The maximum Gasteiger partial charge on any atom is 0.416 e. The molecule has 0 spiro atoms. The van der Waals surface area contributed by atoms with Crippen molar-refractivity contribution in [3.8, 4) is 0 Å². The molecular formula is C15H19NO3. The molecule has 0 saturated carbocycles. The van der Waals surface area contributed by atoms with Crippen molar-refractivity contribution in [2.24, 2.45) is 5.92 Å². The van der Waals surface area contributed by atoms with Gasteiger partial charge < -0.3 is 4.74 Å². The number of carbonyl (C=O) groups is 2. The monoisotopic (exact) mass is 264 g/mol. The molecule has 2 atom stereocenters. The minimum Gasteiger partial charge on any atom is -0.447 e. The Labute approximate surface area is 117 Å². The summed E-state index contributed by atoms with van der Waals surface area (Å²) in [5, 5.41) is 0. The molecule has 0 bridgehead atoms. The van der Waals surface area contributed by atoms with Crippen LogP contribution in [0.3, 0.4) is 0 Å². The molecule has 1 aromatic rings. The minimum absolute atomic E-state index is 0.0941. The maximum absolute atomic E-state index is 12.5. The van der Waals surface area contributed by atoms with Crippen molar-refractivity contribution < 1.29 is 18.4 Å². The summed E-state index contributed by atoms with van der Waals surface area (Å²) in [6.07, 6.45) is -0.152. The molecule has 0 aromatic heterocycles. The van der Waals surface area contributed by atoms with Crippen LogP contribution in [0.1, 0.15) is 29.9 Å². The predicted octanol–water partition coefficient (Wildman–Crippen LogP) is 2.62. The molecular weight excluding hydrogens is 242 g/mol. The third-order valence-electron chi connectivity index (χ3n) is 3.22. The molecule has 2 amide bonds. The summed E-state index contributed by atoms with van der Waals surface area (Å²) in [4.78, 5) is 25.3. The van der Waals surface area contributed by atoms with Gasteiger partial charge in [0.2, 0.25) is 5.91 Å². The lowest BCUT2D eigenvalue weighted by molar-refractivity contribution is -0.132. The van der Waals surface area contributed by atoms with Crippen LogP contribution in [-0.2, 0) is 16.0 Å². The Balaban J connectivity index is 2.19. The van der Waals surface area contributed by atoms with Gasteiger partial charge in [0.05, 0.1) is 6.04 Å². The molecule has 0 N–H and O–H groups in total. The van der Waals surface area contributed by atoms with E-state index >= 15 is 0 Å². The van der Waals surface area contributed by atoms with Gasteiger partial charge in [0.15, 0.2) is 0 Å². The predicted molar refractivity (Wildman–Crippen MR) is 71.6 cm³/mol. The van der Waals surface area contributed by atoms with Crippen LogP contribution >= 0.6 is 0 Å². The molecule has 2 rings (SSSR count). The van der Waals surface area contributed by atoms with Crippen LogP contribution in [0.5, 0.6) is 0 Å². The lowest BCUT2D eigenvalue weighted by Gasteiger charge is -2.22. The zero-order valence-corrected chi connectivity index (χ0v) is 10.8. The summed E-state index contributed by atoms with van der Waals surface area (Å²) >= 11 is 0. The highest BCUT2D eigenvalue weighted by Crippen LogP contribution is 2.20. The van der Waals surface area contributed by atoms with Crippen LogP contribution < -0.4 is 0 Å². The van der Waals surface area contributed by atoms with E-state index in [2.05, 4.69) is 0 Å². The second kappa shape index (κ2) is 5.87. The SMILES string of the molecule is [2H]C([2H])([2H])[C@H](CC)C(=O)N1C(=O)OC[C@@H]1Cc1ccccc1. The number of imide groups is 1. The summed E-state index contributed by atoms with van der Waals surface area (Å²) < 4.78 is 27.4. The summed E-state index contributed by atoms with van der Waals surface area (Å²) in [6.45, 7) is -0.703. The van der Waals surface area contributed by atoms with Crippen LogP contribution in [0.2, 0.25) is 0 Å². The molecule has 1 aliphatic rings. The summed E-state index contributed by atoms with van der Waals surface area (Å²) in [6, 6.07) is 8.95. The van der Waals surface area contributed by atoms with Crippen molar-refractivity contribution in [3.63, 3.8) is 0 Å². The first-order valence-electron chi connectivity index (χ1n) is 7.88. The Morgan fingerprint density at radius 2 is 2.26 bits per heavy atom. The standard InChI is InChI=1S/C15H19NO3/c1-3-11(2)14(17)16-13(10-19-15(16)18)9-12-7-5-4-6-8-12/h4-8,11,13H,3,9-10H2,1-2H3/t11-,13+/m1/s1/i2D3. The molecule has 0 unspecified atom stereocenters. The molecule has 102 valence electrons. The Morgan fingerprint density at radius 3 is 2.89 bits per heavy atom. The fraction of sp³-hybridized carbons (Fsp3) is 0.467. The van der Waals surface area contributed by atoms with E-state index in [1.165, 1.54) is 0 Å². The van der Waals surface area contributed by atoms with Gasteiger partial charge in [0.1, 0.15) is 6.61 Å². The lowest BCUT2D eigenvalue weighted by atomic mass is 10.0. The van der Waals surface area contributed by atoms with Gasteiger partial charge in [-0.15, -0.1) is 0 Å². The van der Waals surface area contributed by atoms with Crippen LogP contribution in [-0.4, -0.2) is 29.5 Å². The summed E-state index contributed by atoms with van der Waals surface area (Å²) in [5.41, 5.74) is 0.963. The van der Waals surface area contributed by atoms with Crippen molar-refractivity contribution in [1.82, 2.24) is 4.90 Å². The number of benzene rings is 1. The molecule has 0 aliphatic carbocycles. The Bertz CT molecular complexity index is 545. The first-order valence-corrected chi connectivity index (χ1v) is 6.38. The van der Waals surface area contributed by atoms with Crippen LogP contribution in [0, 0.1) is 5.92 Å². The number of ether oxygens (including phenoxy) is 1. The van der Waals surface area contributed by atoms with Gasteiger partial charge in [-0.25, -0.2) is 9.69 Å². The zero-order valence-electron chi connectivity index (χ0n) is 13.8. The van der Waals surface area contributed by atoms with Crippen molar-refractivity contribution in [2.45, 2.75) is 32.7 Å². The van der Waals surface area contributed by atoms with Gasteiger partial charge in [0.25, 0.3) is 0 Å². The summed E-state index contributed by atoms with van der Waals surface area (Å²) in [5.74, 6) is -1.86. The van der Waals surface area contributed by atoms with Crippen molar-refractivity contribution in [3.05, 3.63) is 35.9 Å². The third-order valence-corrected chi connectivity index (χ3v) is 3.22. The molecule has 1 aliphatic heterocycles. The second-order valence-electron chi connectivity index (χ2n) is 4.59. The zero-order chi connectivity index (χ0) is 16.3. The third kappa shape index (κ3) is 2.95. The van der Waals surface area contributed by atoms with E-state index in [1.54, 1.807) is 6.92 Å². The van der Waals surface area contributed by atoms with Crippen molar-refractivity contribution in [1.29, 1.82) is 0 Å². The first-order chi connectivity index (χ1) is 10.3. The lowest BCUT2D eigenvalue weighted by Crippen LogP contribution is -2.42. The Morgan fingerprint density at radius 1 is 1.53 bits per heavy atom. The van der Waals surface area contributed by atoms with Crippen molar-refractivity contribution >= 4 is 12.0 Å². The number of nitrogens with zero attached hydrogens (tertiary/aromatic N) is 1. The number of hydrogen-bond donors (Lipinski definition) is 0. The highest BCUT2D eigenvalue weighted by atomic mass is 16.6. The van der Waals surface area contributed by atoms with E-state index in [0.717, 1.165) is 10.5 Å². The summed E-state index contributed by atoms with van der Waals surface area (Å²) in [7, 11) is 0. The van der Waals surface area contributed by atoms with Gasteiger partial charge >= 0.3 is 6.09 Å². The Hall–Kier alpha value is -1.84. The molecule has 1 saturated heterocycles. The number of rotatable bonds is 4. The fourth-order valence-electron chi connectivity index (χ4n) is 2.11. The fourth-order valence-corrected chi connectivity index (χ4v) is 2.11. The molecule has 1 fully saturated rings. The first kappa shape index (κ1) is 10.0. The van der Waals surface area contributed by atoms with Gasteiger partial charge in [0, 0.05) is 10.0 Å². The number of cyclic esters (lactones) is 1. The number of hydrogen-bond acceptors (Lipinski definition) is 3. The highest BCUT2D eigenvalue weighted by molar-refractivity contribution is 5.94. The highest BCUT2D eigenvalue weighted by Gasteiger charge is 2.39. The normalized spacial score (nSPS) is 23.2. The largest absolute Gasteiger partial charge is 0.447 e. The van der Waals surface area contributed by atoms with E-state index in [4.69, 9.17) is 8.85 Å². The van der Waals surface area contributed by atoms with Crippen molar-refractivity contribution in [2.75, 3.05) is 6.61 Å². The Kier molecular flexibility index (Phi) is 3.09. The molecule has 1 heterocycles. The molecule has 4 heteroatoms. The molecule has 4 nitrogen and oxygen atoms in total. The van der Waals surface area contributed by atoms with Gasteiger partial charge in [-0.05, 0) is 18.4 Å². The van der Waals surface area contributed by atoms with E-state index in [0.29, 0.717) is 6.42 Å². The van der Waals surface area contributed by atoms with Gasteiger partial charge in [-0.2, -0.15) is 0 Å². The van der Waals surface area contributed by atoms with Gasteiger partial charge in [-0.3, -0.25) is 4.79 Å². The van der Waals surface area contributed by atoms with E-state index in [9.17, 15) is 9.59 Å². The average molecular weight is 264 g/mol. The molecule has 0 radical (unpaired) electrons. The van der Waals surface area contributed by atoms with E-state index in [1.807, 2.05) is 30.3 Å². The van der Waals surface area contributed by atoms with Gasteiger partial charge in [-0.1, -0.05) is 44.1 Å². The maximum atomic E-state index is 12.5. The number of carbonyl (C=O) groups excluding carboxylic acids is 2.